The highest BCUT2D eigenvalue weighted by Gasteiger charge is 2.07. The number of anilines is 1. The van der Waals surface area contributed by atoms with Crippen molar-refractivity contribution >= 4 is 46.7 Å². The standard InChI is InChI=1S/C20H23N3O3S2/c1-3-26-19(25)16-8-10-17(11-9-16)21-20(27)23-22-18(24)13-28-12-15-6-4-14(2)5-7-15/h4-11H,3,12-13H2,1-2H3,(H,22,24)(H2,21,23,27). The molecule has 0 unspecified atom stereocenters. The number of hydrazine groups is 1. The third kappa shape index (κ3) is 7.58. The number of benzene rings is 2. The molecule has 0 bridgehead atoms. The summed E-state index contributed by atoms with van der Waals surface area (Å²) in [7, 11) is 0. The monoisotopic (exact) mass is 417 g/mol. The topological polar surface area (TPSA) is 79.5 Å². The van der Waals surface area contributed by atoms with Crippen molar-refractivity contribution in [1.82, 2.24) is 10.9 Å². The zero-order chi connectivity index (χ0) is 20.4. The van der Waals surface area contributed by atoms with Gasteiger partial charge >= 0.3 is 5.97 Å². The number of aryl methyl sites for hydroxylation is 1. The van der Waals surface area contributed by atoms with Crippen LogP contribution in [-0.4, -0.2) is 29.3 Å². The van der Waals surface area contributed by atoms with Gasteiger partial charge < -0.3 is 10.1 Å². The van der Waals surface area contributed by atoms with Crippen LogP contribution in [0.15, 0.2) is 48.5 Å². The Morgan fingerprint density at radius 3 is 2.36 bits per heavy atom. The summed E-state index contributed by atoms with van der Waals surface area (Å²) >= 11 is 6.67. The third-order valence-corrected chi connectivity index (χ3v) is 4.80. The van der Waals surface area contributed by atoms with Gasteiger partial charge in [0, 0.05) is 11.4 Å². The van der Waals surface area contributed by atoms with Crippen LogP contribution in [0.3, 0.4) is 0 Å². The van der Waals surface area contributed by atoms with Gasteiger partial charge in [-0.15, -0.1) is 11.8 Å². The number of hydrogen-bond acceptors (Lipinski definition) is 5. The zero-order valence-electron chi connectivity index (χ0n) is 15.8. The summed E-state index contributed by atoms with van der Waals surface area (Å²) in [6, 6.07) is 14.9. The molecule has 0 fully saturated rings. The van der Waals surface area contributed by atoms with Crippen molar-refractivity contribution in [3.8, 4) is 0 Å². The van der Waals surface area contributed by atoms with E-state index >= 15 is 0 Å². The van der Waals surface area contributed by atoms with Crippen LogP contribution in [0.25, 0.3) is 0 Å². The number of rotatable bonds is 7. The van der Waals surface area contributed by atoms with Crippen molar-refractivity contribution < 1.29 is 14.3 Å². The second-order valence-corrected chi connectivity index (χ2v) is 7.30. The van der Waals surface area contributed by atoms with Gasteiger partial charge in [0.15, 0.2) is 5.11 Å². The van der Waals surface area contributed by atoms with E-state index in [0.717, 1.165) is 5.75 Å². The molecular formula is C20H23N3O3S2. The van der Waals surface area contributed by atoms with Crippen molar-refractivity contribution in [3.05, 3.63) is 65.2 Å². The Balaban J connectivity index is 1.67. The average molecular weight is 418 g/mol. The molecule has 2 aromatic carbocycles. The summed E-state index contributed by atoms with van der Waals surface area (Å²) in [6.45, 7) is 4.13. The summed E-state index contributed by atoms with van der Waals surface area (Å²) in [6.07, 6.45) is 0. The molecule has 0 aliphatic carbocycles. The molecule has 0 atom stereocenters. The Morgan fingerprint density at radius 1 is 1.04 bits per heavy atom. The van der Waals surface area contributed by atoms with E-state index in [1.807, 2.05) is 6.92 Å². The predicted octanol–water partition coefficient (Wildman–Crippen LogP) is 3.42. The van der Waals surface area contributed by atoms with Gasteiger partial charge in [0.2, 0.25) is 5.91 Å². The Hall–Kier alpha value is -2.58. The Bertz CT molecular complexity index is 808. The van der Waals surface area contributed by atoms with E-state index in [0.29, 0.717) is 23.6 Å². The second kappa shape index (κ2) is 11.3. The maximum Gasteiger partial charge on any atom is 0.338 e. The fourth-order valence-electron chi connectivity index (χ4n) is 2.17. The number of thioether (sulfide) groups is 1. The van der Waals surface area contributed by atoms with Gasteiger partial charge in [-0.1, -0.05) is 29.8 Å². The van der Waals surface area contributed by atoms with Crippen LogP contribution in [0.5, 0.6) is 0 Å². The molecule has 0 heterocycles. The number of esters is 1. The maximum absolute atomic E-state index is 11.9. The molecule has 0 saturated carbocycles. The summed E-state index contributed by atoms with van der Waals surface area (Å²) in [5.74, 6) is 0.546. The number of hydrogen-bond donors (Lipinski definition) is 3. The lowest BCUT2D eigenvalue weighted by atomic mass is 10.2. The largest absolute Gasteiger partial charge is 0.462 e. The van der Waals surface area contributed by atoms with Crippen LogP contribution in [0, 0.1) is 6.92 Å². The van der Waals surface area contributed by atoms with Gasteiger partial charge in [0.25, 0.3) is 0 Å². The molecule has 8 heteroatoms. The van der Waals surface area contributed by atoms with Gasteiger partial charge in [0.1, 0.15) is 0 Å². The number of amides is 1. The second-order valence-electron chi connectivity index (χ2n) is 5.90. The smallest absolute Gasteiger partial charge is 0.338 e. The lowest BCUT2D eigenvalue weighted by Gasteiger charge is -2.12. The van der Waals surface area contributed by atoms with Crippen molar-refractivity contribution in [2.75, 3.05) is 17.7 Å². The minimum absolute atomic E-state index is 0.168. The molecule has 0 radical (unpaired) electrons. The summed E-state index contributed by atoms with van der Waals surface area (Å²) in [5.41, 5.74) is 8.76. The van der Waals surface area contributed by atoms with Crippen molar-refractivity contribution in [3.63, 3.8) is 0 Å². The first-order valence-corrected chi connectivity index (χ1v) is 10.3. The molecule has 6 nitrogen and oxygen atoms in total. The van der Waals surface area contributed by atoms with Gasteiger partial charge in [-0.3, -0.25) is 15.6 Å². The van der Waals surface area contributed by atoms with Crippen LogP contribution in [0.4, 0.5) is 5.69 Å². The van der Waals surface area contributed by atoms with E-state index in [1.165, 1.54) is 22.9 Å². The molecule has 28 heavy (non-hydrogen) atoms. The van der Waals surface area contributed by atoms with Gasteiger partial charge in [-0.05, 0) is 55.9 Å². The predicted molar refractivity (Wildman–Crippen MR) is 117 cm³/mol. The number of carbonyl (C=O) groups excluding carboxylic acids is 2. The molecule has 0 aliphatic rings. The van der Waals surface area contributed by atoms with Crippen LogP contribution >= 0.6 is 24.0 Å². The number of thiocarbonyl (C=S) groups is 1. The van der Waals surface area contributed by atoms with E-state index in [2.05, 4.69) is 40.4 Å². The normalized spacial score (nSPS) is 10.1. The zero-order valence-corrected chi connectivity index (χ0v) is 17.4. The summed E-state index contributed by atoms with van der Waals surface area (Å²) < 4.78 is 4.93. The highest BCUT2D eigenvalue weighted by atomic mass is 32.2. The van der Waals surface area contributed by atoms with Crippen LogP contribution in [-0.2, 0) is 15.3 Å². The fourth-order valence-corrected chi connectivity index (χ4v) is 3.13. The minimum Gasteiger partial charge on any atom is -0.462 e. The molecule has 3 N–H and O–H groups in total. The molecule has 0 aromatic heterocycles. The molecule has 1 amide bonds. The van der Waals surface area contributed by atoms with Crippen molar-refractivity contribution in [2.45, 2.75) is 19.6 Å². The van der Waals surface area contributed by atoms with Crippen molar-refractivity contribution in [2.24, 2.45) is 0 Å². The van der Waals surface area contributed by atoms with E-state index in [-0.39, 0.29) is 17.0 Å². The summed E-state index contributed by atoms with van der Waals surface area (Å²) in [5, 5.41) is 3.18. The number of nitrogens with one attached hydrogen (secondary N) is 3. The van der Waals surface area contributed by atoms with E-state index in [4.69, 9.17) is 17.0 Å². The van der Waals surface area contributed by atoms with Gasteiger partial charge in [-0.25, -0.2) is 4.79 Å². The molecule has 0 aliphatic heterocycles. The minimum atomic E-state index is -0.370. The summed E-state index contributed by atoms with van der Waals surface area (Å²) in [4.78, 5) is 23.5. The van der Waals surface area contributed by atoms with Gasteiger partial charge in [-0.2, -0.15) is 0 Å². The lowest BCUT2D eigenvalue weighted by Crippen LogP contribution is -2.44. The molecule has 2 aromatic rings. The molecule has 148 valence electrons. The fraction of sp³-hybridized carbons (Fsp3) is 0.250. The van der Waals surface area contributed by atoms with Crippen LogP contribution in [0.1, 0.15) is 28.4 Å². The quantitative estimate of drug-likeness (QED) is 0.362. The Morgan fingerprint density at radius 2 is 1.71 bits per heavy atom. The highest BCUT2D eigenvalue weighted by molar-refractivity contribution is 7.99. The van der Waals surface area contributed by atoms with E-state index in [9.17, 15) is 9.59 Å². The highest BCUT2D eigenvalue weighted by Crippen LogP contribution is 2.13. The first-order valence-electron chi connectivity index (χ1n) is 8.74. The van der Waals surface area contributed by atoms with E-state index in [1.54, 1.807) is 31.2 Å². The molecule has 2 rings (SSSR count). The Kier molecular flexibility index (Phi) is 8.77. The third-order valence-electron chi connectivity index (χ3n) is 3.59. The first-order chi connectivity index (χ1) is 13.5. The first kappa shape index (κ1) is 21.7. The average Bonchev–Trinajstić information content (AvgIpc) is 2.69. The molecule has 0 spiro atoms. The SMILES string of the molecule is CCOC(=O)c1ccc(NC(=S)NNC(=O)CSCc2ccc(C)cc2)cc1. The van der Waals surface area contributed by atoms with Crippen molar-refractivity contribution in [1.29, 1.82) is 0 Å². The van der Waals surface area contributed by atoms with Crippen LogP contribution < -0.4 is 16.2 Å². The molecular weight excluding hydrogens is 394 g/mol. The van der Waals surface area contributed by atoms with E-state index < -0.39 is 0 Å². The van der Waals surface area contributed by atoms with Crippen LogP contribution in [0.2, 0.25) is 0 Å². The number of ether oxygens (including phenoxy) is 1. The Labute approximate surface area is 174 Å². The lowest BCUT2D eigenvalue weighted by molar-refractivity contribution is -0.119. The maximum atomic E-state index is 11.9. The van der Waals surface area contributed by atoms with Gasteiger partial charge in [0.05, 0.1) is 17.9 Å². The number of carbonyl (C=O) groups is 2. The molecule has 0 saturated heterocycles.